The Morgan fingerprint density at radius 3 is 2.68 bits per heavy atom. The number of nitrogens with one attached hydrogen (secondary N) is 1. The molecule has 0 saturated carbocycles. The van der Waals surface area contributed by atoms with Gasteiger partial charge in [-0.2, -0.15) is 0 Å². The number of hydrogen-bond donors (Lipinski definition) is 1. The molecule has 1 N–H and O–H groups in total. The summed E-state index contributed by atoms with van der Waals surface area (Å²) in [5, 5.41) is 3.51. The van der Waals surface area contributed by atoms with E-state index in [-0.39, 0.29) is 12.5 Å². The molecule has 0 aromatic heterocycles. The van der Waals surface area contributed by atoms with E-state index in [1.807, 2.05) is 11.0 Å². The van der Waals surface area contributed by atoms with Crippen molar-refractivity contribution >= 4 is 17.5 Å². The van der Waals surface area contributed by atoms with Gasteiger partial charge in [0.05, 0.1) is 5.69 Å². The number of benzene rings is 1. The van der Waals surface area contributed by atoms with Gasteiger partial charge in [-0.3, -0.25) is 9.59 Å². The van der Waals surface area contributed by atoms with E-state index in [1.54, 1.807) is 11.9 Å². The lowest BCUT2D eigenvalue weighted by molar-refractivity contribution is -0.133. The van der Waals surface area contributed by atoms with Gasteiger partial charge in [-0.25, -0.2) is 0 Å². The number of piperidine rings is 1. The largest absolute Gasteiger partial charge is 0.482 e. The van der Waals surface area contributed by atoms with Crippen molar-refractivity contribution in [2.24, 2.45) is 0 Å². The molecule has 1 aromatic rings. The molecular weight excluding hydrogens is 354 g/mol. The van der Waals surface area contributed by atoms with Gasteiger partial charge >= 0.3 is 0 Å². The highest BCUT2D eigenvalue weighted by molar-refractivity contribution is 5.97. The number of unbranched alkanes of at least 4 members (excludes halogenated alkanes) is 2. The number of aryl methyl sites for hydroxylation is 1. The van der Waals surface area contributed by atoms with Crippen LogP contribution in [0.4, 0.5) is 5.69 Å². The van der Waals surface area contributed by atoms with Crippen molar-refractivity contribution in [2.45, 2.75) is 51.4 Å². The smallest absolute Gasteiger partial charge is 0.264 e. The number of fused-ring (bicyclic) bond motifs is 1. The third-order valence-electron chi connectivity index (χ3n) is 5.63. The average molecular weight is 388 g/mol. The van der Waals surface area contributed by atoms with Gasteiger partial charge in [-0.1, -0.05) is 6.07 Å². The number of anilines is 1. The number of hydrogen-bond acceptors (Lipinski definition) is 4. The van der Waals surface area contributed by atoms with Crippen molar-refractivity contribution in [3.63, 3.8) is 0 Å². The first-order valence-corrected chi connectivity index (χ1v) is 10.7. The van der Waals surface area contributed by atoms with Crippen LogP contribution in [0.25, 0.3) is 0 Å². The summed E-state index contributed by atoms with van der Waals surface area (Å²) in [6.07, 6.45) is 8.46. The summed E-state index contributed by atoms with van der Waals surface area (Å²) in [6.45, 7) is 4.05. The zero-order valence-electron chi connectivity index (χ0n) is 17.0. The van der Waals surface area contributed by atoms with Crippen molar-refractivity contribution in [3.05, 3.63) is 23.8 Å². The molecular formula is C22H33N3O3. The summed E-state index contributed by atoms with van der Waals surface area (Å²) < 4.78 is 5.55. The Hall–Kier alpha value is -2.08. The number of ether oxygens (including phenoxy) is 1. The maximum Gasteiger partial charge on any atom is 0.264 e. The van der Waals surface area contributed by atoms with Crippen LogP contribution in [0, 0.1) is 0 Å². The van der Waals surface area contributed by atoms with E-state index in [2.05, 4.69) is 17.4 Å². The molecule has 2 amide bonds. The molecule has 2 aliphatic rings. The van der Waals surface area contributed by atoms with Gasteiger partial charge in [-0.05, 0) is 75.7 Å². The molecule has 154 valence electrons. The Morgan fingerprint density at radius 2 is 1.86 bits per heavy atom. The molecule has 1 saturated heterocycles. The molecule has 1 aromatic carbocycles. The number of likely N-dealkylation sites (N-methyl/N-ethyl adjacent to an activating group) is 1. The Morgan fingerprint density at radius 1 is 1.04 bits per heavy atom. The highest BCUT2D eigenvalue weighted by atomic mass is 16.5. The van der Waals surface area contributed by atoms with Crippen LogP contribution in [0.3, 0.4) is 0 Å². The molecule has 0 radical (unpaired) electrons. The maximum atomic E-state index is 11.7. The van der Waals surface area contributed by atoms with Crippen LogP contribution in [0.5, 0.6) is 5.75 Å². The Labute approximate surface area is 168 Å². The third kappa shape index (κ3) is 5.71. The molecule has 0 bridgehead atoms. The molecule has 0 spiro atoms. The first kappa shape index (κ1) is 20.6. The van der Waals surface area contributed by atoms with E-state index in [1.165, 1.54) is 5.56 Å². The second kappa shape index (κ2) is 10.5. The van der Waals surface area contributed by atoms with Gasteiger partial charge < -0.3 is 19.9 Å². The van der Waals surface area contributed by atoms with Crippen molar-refractivity contribution in [1.82, 2.24) is 10.2 Å². The van der Waals surface area contributed by atoms with E-state index in [4.69, 9.17) is 4.74 Å². The second-order valence-electron chi connectivity index (χ2n) is 7.80. The molecule has 6 heteroatoms. The number of carbonyl (C=O) groups is 2. The first-order valence-electron chi connectivity index (χ1n) is 10.7. The average Bonchev–Trinajstić information content (AvgIpc) is 2.71. The van der Waals surface area contributed by atoms with Crippen molar-refractivity contribution < 1.29 is 14.3 Å². The number of rotatable bonds is 10. The van der Waals surface area contributed by atoms with Crippen LogP contribution in [0.15, 0.2) is 18.2 Å². The number of nitrogens with zero attached hydrogens (tertiary/aromatic N) is 2. The standard InChI is InChI=1S/C22H33N3O3/c1-24-19-11-10-18(16-20(19)28-17-22(24)27)8-2-4-12-23-13-5-7-15-25-14-6-3-9-21(25)26/h10-11,16,23H,2-9,12-15,17H2,1H3. The van der Waals surface area contributed by atoms with Crippen LogP contribution in [0.2, 0.25) is 0 Å². The molecule has 1 fully saturated rings. The summed E-state index contributed by atoms with van der Waals surface area (Å²) in [6, 6.07) is 6.13. The Balaban J connectivity index is 1.23. The summed E-state index contributed by atoms with van der Waals surface area (Å²) in [5.74, 6) is 1.14. The van der Waals surface area contributed by atoms with E-state index in [0.29, 0.717) is 5.91 Å². The van der Waals surface area contributed by atoms with E-state index in [0.717, 1.165) is 89.0 Å². The molecule has 28 heavy (non-hydrogen) atoms. The zero-order chi connectivity index (χ0) is 19.8. The van der Waals surface area contributed by atoms with Gasteiger partial charge in [0.25, 0.3) is 5.91 Å². The topological polar surface area (TPSA) is 61.9 Å². The monoisotopic (exact) mass is 387 g/mol. The number of amides is 2. The number of likely N-dealkylation sites (tertiary alicyclic amines) is 1. The van der Waals surface area contributed by atoms with Gasteiger partial charge in [0.15, 0.2) is 6.61 Å². The third-order valence-corrected chi connectivity index (χ3v) is 5.63. The van der Waals surface area contributed by atoms with Crippen molar-refractivity contribution in [1.29, 1.82) is 0 Å². The van der Waals surface area contributed by atoms with Crippen LogP contribution in [-0.2, 0) is 16.0 Å². The fourth-order valence-corrected chi connectivity index (χ4v) is 3.83. The van der Waals surface area contributed by atoms with E-state index >= 15 is 0 Å². The predicted octanol–water partition coefficient (Wildman–Crippen LogP) is 2.75. The summed E-state index contributed by atoms with van der Waals surface area (Å²) in [7, 11) is 1.79. The lowest BCUT2D eigenvalue weighted by atomic mass is 10.1. The van der Waals surface area contributed by atoms with Crippen LogP contribution >= 0.6 is 0 Å². The number of carbonyl (C=O) groups excluding carboxylic acids is 2. The molecule has 0 atom stereocenters. The van der Waals surface area contributed by atoms with Gasteiger partial charge in [-0.15, -0.1) is 0 Å². The Bertz CT molecular complexity index is 677. The quantitative estimate of drug-likeness (QED) is 0.627. The van der Waals surface area contributed by atoms with Crippen LogP contribution in [-0.4, -0.2) is 56.5 Å². The summed E-state index contributed by atoms with van der Waals surface area (Å²) in [5.41, 5.74) is 2.11. The minimum atomic E-state index is -0.00569. The van der Waals surface area contributed by atoms with Crippen LogP contribution < -0.4 is 15.0 Å². The molecule has 2 aliphatic heterocycles. The summed E-state index contributed by atoms with van der Waals surface area (Å²) >= 11 is 0. The minimum absolute atomic E-state index is 0.00569. The highest BCUT2D eigenvalue weighted by Crippen LogP contribution is 2.32. The van der Waals surface area contributed by atoms with Gasteiger partial charge in [0.2, 0.25) is 5.91 Å². The zero-order valence-corrected chi connectivity index (χ0v) is 17.0. The molecule has 0 aliphatic carbocycles. The van der Waals surface area contributed by atoms with Crippen molar-refractivity contribution in [2.75, 3.05) is 44.7 Å². The molecule has 2 heterocycles. The van der Waals surface area contributed by atoms with E-state index in [9.17, 15) is 9.59 Å². The molecule has 6 nitrogen and oxygen atoms in total. The molecule has 3 rings (SSSR count). The lowest BCUT2D eigenvalue weighted by Gasteiger charge is -2.26. The SMILES string of the molecule is CN1C(=O)COc2cc(CCCCNCCCCN3CCCCC3=O)ccc21. The maximum absolute atomic E-state index is 11.7. The predicted molar refractivity (Wildman–Crippen MR) is 111 cm³/mol. The Kier molecular flexibility index (Phi) is 7.71. The van der Waals surface area contributed by atoms with Crippen molar-refractivity contribution in [3.8, 4) is 5.75 Å². The lowest BCUT2D eigenvalue weighted by Crippen LogP contribution is -2.36. The normalized spacial score (nSPS) is 16.9. The minimum Gasteiger partial charge on any atom is -0.482 e. The van der Waals surface area contributed by atoms with Gasteiger partial charge in [0, 0.05) is 26.6 Å². The second-order valence-corrected chi connectivity index (χ2v) is 7.80. The highest BCUT2D eigenvalue weighted by Gasteiger charge is 2.22. The van der Waals surface area contributed by atoms with Crippen LogP contribution in [0.1, 0.15) is 50.5 Å². The fourth-order valence-electron chi connectivity index (χ4n) is 3.83. The summed E-state index contributed by atoms with van der Waals surface area (Å²) in [4.78, 5) is 27.1. The molecule has 0 unspecified atom stereocenters. The fraction of sp³-hybridized carbons (Fsp3) is 0.636. The van der Waals surface area contributed by atoms with E-state index < -0.39 is 0 Å². The van der Waals surface area contributed by atoms with Gasteiger partial charge in [0.1, 0.15) is 5.75 Å². The first-order chi connectivity index (χ1) is 13.6.